The molecule has 94 valence electrons. The van der Waals surface area contributed by atoms with E-state index in [1.54, 1.807) is 12.1 Å². The standard InChI is InChI=1S/C14H12Cl2FN/c1-9-4-13(17)2-3-14(9)18-8-10-5-11(15)7-12(16)6-10/h2-7,18H,8H2,1H3. The summed E-state index contributed by atoms with van der Waals surface area (Å²) >= 11 is 11.8. The van der Waals surface area contributed by atoms with Crippen molar-refractivity contribution in [2.45, 2.75) is 13.5 Å². The molecule has 0 amide bonds. The summed E-state index contributed by atoms with van der Waals surface area (Å²) in [7, 11) is 0. The van der Waals surface area contributed by atoms with Crippen molar-refractivity contribution in [1.29, 1.82) is 0 Å². The predicted molar refractivity (Wildman–Crippen MR) is 74.9 cm³/mol. The van der Waals surface area contributed by atoms with Crippen molar-refractivity contribution in [3.8, 4) is 0 Å². The number of aryl methyl sites for hydroxylation is 1. The molecule has 0 atom stereocenters. The zero-order chi connectivity index (χ0) is 13.1. The van der Waals surface area contributed by atoms with E-state index in [0.29, 0.717) is 16.6 Å². The van der Waals surface area contributed by atoms with Crippen LogP contribution in [-0.4, -0.2) is 0 Å². The average Bonchev–Trinajstić information content (AvgIpc) is 2.26. The molecule has 0 fully saturated rings. The fourth-order valence-electron chi connectivity index (χ4n) is 1.74. The number of nitrogens with one attached hydrogen (secondary N) is 1. The van der Waals surface area contributed by atoms with E-state index in [1.165, 1.54) is 12.1 Å². The Morgan fingerprint density at radius 3 is 2.33 bits per heavy atom. The first-order valence-corrected chi connectivity index (χ1v) is 6.25. The molecule has 0 aliphatic carbocycles. The highest BCUT2D eigenvalue weighted by Gasteiger charge is 2.01. The molecular formula is C14H12Cl2FN. The van der Waals surface area contributed by atoms with Gasteiger partial charge in [0.15, 0.2) is 0 Å². The molecule has 0 radical (unpaired) electrons. The van der Waals surface area contributed by atoms with Crippen molar-refractivity contribution in [2.75, 3.05) is 5.32 Å². The monoisotopic (exact) mass is 283 g/mol. The molecule has 2 aromatic rings. The average molecular weight is 284 g/mol. The van der Waals surface area contributed by atoms with Crippen LogP contribution in [-0.2, 0) is 6.54 Å². The molecule has 2 rings (SSSR count). The first-order chi connectivity index (χ1) is 8.54. The van der Waals surface area contributed by atoms with Crippen molar-refractivity contribution in [3.63, 3.8) is 0 Å². The molecule has 2 aromatic carbocycles. The van der Waals surface area contributed by atoms with Gasteiger partial charge in [0.2, 0.25) is 0 Å². The molecule has 18 heavy (non-hydrogen) atoms. The molecule has 4 heteroatoms. The van der Waals surface area contributed by atoms with Gasteiger partial charge in [-0.3, -0.25) is 0 Å². The van der Waals surface area contributed by atoms with Crippen LogP contribution in [0, 0.1) is 12.7 Å². The second kappa shape index (κ2) is 5.59. The smallest absolute Gasteiger partial charge is 0.123 e. The quantitative estimate of drug-likeness (QED) is 0.831. The minimum atomic E-state index is -0.233. The lowest BCUT2D eigenvalue weighted by atomic mass is 10.1. The minimum absolute atomic E-state index is 0.233. The van der Waals surface area contributed by atoms with Crippen molar-refractivity contribution in [3.05, 3.63) is 63.4 Å². The van der Waals surface area contributed by atoms with Gasteiger partial charge < -0.3 is 5.32 Å². The third-order valence-electron chi connectivity index (χ3n) is 2.59. The van der Waals surface area contributed by atoms with E-state index in [-0.39, 0.29) is 5.82 Å². The third kappa shape index (κ3) is 3.37. The molecule has 1 nitrogen and oxygen atoms in total. The molecule has 1 N–H and O–H groups in total. The number of benzene rings is 2. The Morgan fingerprint density at radius 2 is 1.72 bits per heavy atom. The van der Waals surface area contributed by atoms with Crippen LogP contribution in [0.2, 0.25) is 10.0 Å². The minimum Gasteiger partial charge on any atom is -0.381 e. The van der Waals surface area contributed by atoms with Crippen LogP contribution in [0.1, 0.15) is 11.1 Å². The maximum atomic E-state index is 13.0. The normalized spacial score (nSPS) is 10.4. The molecule has 0 aliphatic rings. The van der Waals surface area contributed by atoms with Crippen molar-refractivity contribution in [2.24, 2.45) is 0 Å². The zero-order valence-electron chi connectivity index (χ0n) is 9.81. The molecule has 0 bridgehead atoms. The Hall–Kier alpha value is -1.25. The lowest BCUT2D eigenvalue weighted by Crippen LogP contribution is -2.01. The van der Waals surface area contributed by atoms with Crippen LogP contribution in [0.15, 0.2) is 36.4 Å². The topological polar surface area (TPSA) is 12.0 Å². The molecule has 0 saturated heterocycles. The molecule has 0 aromatic heterocycles. The Kier molecular flexibility index (Phi) is 4.10. The fraction of sp³-hybridized carbons (Fsp3) is 0.143. The summed E-state index contributed by atoms with van der Waals surface area (Å²) in [6, 6.07) is 10.0. The molecule has 0 spiro atoms. The van der Waals surface area contributed by atoms with E-state index in [4.69, 9.17) is 23.2 Å². The van der Waals surface area contributed by atoms with Crippen LogP contribution in [0.25, 0.3) is 0 Å². The second-order valence-corrected chi connectivity index (χ2v) is 4.96. The summed E-state index contributed by atoms with van der Waals surface area (Å²) in [6.45, 7) is 2.45. The van der Waals surface area contributed by atoms with E-state index in [2.05, 4.69) is 5.32 Å². The fourth-order valence-corrected chi connectivity index (χ4v) is 2.31. The van der Waals surface area contributed by atoms with Gasteiger partial charge in [0, 0.05) is 22.3 Å². The predicted octanol–water partition coefficient (Wildman–Crippen LogP) is 5.05. The van der Waals surface area contributed by atoms with Gasteiger partial charge in [-0.1, -0.05) is 23.2 Å². The Labute approximate surface area is 116 Å². The van der Waals surface area contributed by atoms with Crippen LogP contribution in [0.4, 0.5) is 10.1 Å². The van der Waals surface area contributed by atoms with Gasteiger partial charge in [0.05, 0.1) is 0 Å². The molecule has 0 heterocycles. The van der Waals surface area contributed by atoms with Crippen LogP contribution in [0.5, 0.6) is 0 Å². The summed E-state index contributed by atoms with van der Waals surface area (Å²) in [5.41, 5.74) is 2.74. The highest BCUT2D eigenvalue weighted by Crippen LogP contribution is 2.21. The van der Waals surface area contributed by atoms with Crippen LogP contribution in [0.3, 0.4) is 0 Å². The number of hydrogen-bond acceptors (Lipinski definition) is 1. The molecule has 0 saturated carbocycles. The van der Waals surface area contributed by atoms with E-state index in [9.17, 15) is 4.39 Å². The lowest BCUT2D eigenvalue weighted by molar-refractivity contribution is 0.627. The van der Waals surface area contributed by atoms with Gasteiger partial charge in [-0.2, -0.15) is 0 Å². The summed E-state index contributed by atoms with van der Waals surface area (Å²) in [5, 5.41) is 4.44. The second-order valence-electron chi connectivity index (χ2n) is 4.09. The van der Waals surface area contributed by atoms with Crippen molar-refractivity contribution >= 4 is 28.9 Å². The molecular weight excluding hydrogens is 272 g/mol. The van der Waals surface area contributed by atoms with Gasteiger partial charge in [-0.05, 0) is 54.4 Å². The van der Waals surface area contributed by atoms with Gasteiger partial charge in [0.1, 0.15) is 5.82 Å². The Bertz CT molecular complexity index is 549. The summed E-state index contributed by atoms with van der Waals surface area (Å²) in [4.78, 5) is 0. The number of rotatable bonds is 3. The summed E-state index contributed by atoms with van der Waals surface area (Å²) in [5.74, 6) is -0.233. The Balaban J connectivity index is 2.11. The summed E-state index contributed by atoms with van der Waals surface area (Å²) in [6.07, 6.45) is 0. The lowest BCUT2D eigenvalue weighted by Gasteiger charge is -2.10. The van der Waals surface area contributed by atoms with Crippen molar-refractivity contribution < 1.29 is 4.39 Å². The Morgan fingerprint density at radius 1 is 1.06 bits per heavy atom. The van der Waals surface area contributed by atoms with E-state index in [1.807, 2.05) is 19.1 Å². The SMILES string of the molecule is Cc1cc(F)ccc1NCc1cc(Cl)cc(Cl)c1. The first-order valence-electron chi connectivity index (χ1n) is 5.49. The van der Waals surface area contributed by atoms with Gasteiger partial charge >= 0.3 is 0 Å². The van der Waals surface area contributed by atoms with E-state index >= 15 is 0 Å². The number of anilines is 1. The highest BCUT2D eigenvalue weighted by molar-refractivity contribution is 6.34. The van der Waals surface area contributed by atoms with Gasteiger partial charge in [0.25, 0.3) is 0 Å². The largest absolute Gasteiger partial charge is 0.381 e. The van der Waals surface area contributed by atoms with Gasteiger partial charge in [-0.25, -0.2) is 4.39 Å². The number of hydrogen-bond donors (Lipinski definition) is 1. The highest BCUT2D eigenvalue weighted by atomic mass is 35.5. The zero-order valence-corrected chi connectivity index (χ0v) is 11.3. The van der Waals surface area contributed by atoms with Crippen molar-refractivity contribution in [1.82, 2.24) is 0 Å². The summed E-state index contributed by atoms with van der Waals surface area (Å²) < 4.78 is 13.0. The van der Waals surface area contributed by atoms with E-state index < -0.39 is 0 Å². The van der Waals surface area contributed by atoms with Crippen LogP contribution >= 0.6 is 23.2 Å². The van der Waals surface area contributed by atoms with Gasteiger partial charge in [-0.15, -0.1) is 0 Å². The maximum absolute atomic E-state index is 13.0. The third-order valence-corrected chi connectivity index (χ3v) is 3.03. The molecule has 0 unspecified atom stereocenters. The maximum Gasteiger partial charge on any atom is 0.123 e. The molecule has 0 aliphatic heterocycles. The van der Waals surface area contributed by atoms with Crippen LogP contribution < -0.4 is 5.32 Å². The number of halogens is 3. The van der Waals surface area contributed by atoms with E-state index in [0.717, 1.165) is 16.8 Å². The first kappa shape index (κ1) is 13.2.